The molecule has 2 N–H and O–H groups in total. The van der Waals surface area contributed by atoms with Gasteiger partial charge in [0.05, 0.1) is 19.4 Å². The Morgan fingerprint density at radius 3 is 1.93 bits per heavy atom. The quantitative estimate of drug-likeness (QED) is 0.732. The summed E-state index contributed by atoms with van der Waals surface area (Å²) in [5.74, 6) is 0. The molecule has 15 heavy (non-hydrogen) atoms. The van der Waals surface area contributed by atoms with E-state index in [1.54, 1.807) is 0 Å². The molecular formula is C7H15F3NO3P. The van der Waals surface area contributed by atoms with E-state index in [9.17, 15) is 17.7 Å². The maximum absolute atomic E-state index is 12.1. The fourth-order valence-corrected chi connectivity index (χ4v) is 2.64. The van der Waals surface area contributed by atoms with Crippen molar-refractivity contribution in [2.75, 3.05) is 19.4 Å². The summed E-state index contributed by atoms with van der Waals surface area (Å²) in [7, 11) is -3.72. The van der Waals surface area contributed by atoms with Crippen LogP contribution in [0.1, 0.15) is 13.8 Å². The maximum Gasteiger partial charge on any atom is 0.404 e. The minimum atomic E-state index is -4.59. The number of hydrogen-bond acceptors (Lipinski definition) is 4. The van der Waals surface area contributed by atoms with Crippen LogP contribution in [-0.2, 0) is 13.6 Å². The molecule has 1 atom stereocenters. The van der Waals surface area contributed by atoms with Crippen molar-refractivity contribution >= 4 is 7.60 Å². The topological polar surface area (TPSA) is 61.5 Å². The van der Waals surface area contributed by atoms with Crippen molar-refractivity contribution in [1.82, 2.24) is 0 Å². The molecule has 0 rings (SSSR count). The van der Waals surface area contributed by atoms with Gasteiger partial charge in [0, 0.05) is 0 Å². The number of halogens is 3. The van der Waals surface area contributed by atoms with E-state index in [1.807, 2.05) is 0 Å². The second-order valence-corrected chi connectivity index (χ2v) is 4.88. The molecule has 0 aliphatic rings. The zero-order chi connectivity index (χ0) is 12.1. The van der Waals surface area contributed by atoms with Gasteiger partial charge in [0.1, 0.15) is 6.04 Å². The van der Waals surface area contributed by atoms with Gasteiger partial charge in [0.2, 0.25) is 0 Å². The van der Waals surface area contributed by atoms with Crippen LogP contribution in [-0.4, -0.2) is 31.6 Å². The largest absolute Gasteiger partial charge is 0.404 e. The van der Waals surface area contributed by atoms with Gasteiger partial charge in [0.25, 0.3) is 0 Å². The van der Waals surface area contributed by atoms with Crippen LogP contribution in [0.2, 0.25) is 0 Å². The second kappa shape index (κ2) is 5.84. The molecule has 0 saturated carbocycles. The van der Waals surface area contributed by atoms with Gasteiger partial charge in [-0.05, 0) is 13.8 Å². The molecular weight excluding hydrogens is 234 g/mol. The molecule has 0 fully saturated rings. The van der Waals surface area contributed by atoms with Crippen LogP contribution in [0.4, 0.5) is 13.2 Å². The van der Waals surface area contributed by atoms with Gasteiger partial charge in [-0.15, -0.1) is 0 Å². The Morgan fingerprint density at radius 1 is 1.27 bits per heavy atom. The molecule has 0 radical (unpaired) electrons. The van der Waals surface area contributed by atoms with Crippen LogP contribution < -0.4 is 5.73 Å². The summed E-state index contributed by atoms with van der Waals surface area (Å²) in [5, 5.41) is 0. The first-order valence-corrected chi connectivity index (χ1v) is 6.18. The molecule has 0 aromatic heterocycles. The molecule has 8 heteroatoms. The lowest BCUT2D eigenvalue weighted by molar-refractivity contribution is -0.143. The predicted octanol–water partition coefficient (Wildman–Crippen LogP) is 2.14. The smallest absolute Gasteiger partial charge is 0.320 e. The van der Waals surface area contributed by atoms with Gasteiger partial charge >= 0.3 is 13.8 Å². The van der Waals surface area contributed by atoms with Crippen molar-refractivity contribution in [3.8, 4) is 0 Å². The Labute approximate surface area is 86.5 Å². The van der Waals surface area contributed by atoms with Crippen LogP contribution in [0, 0.1) is 0 Å². The molecule has 0 unspecified atom stereocenters. The Bertz CT molecular complexity index is 224. The molecule has 92 valence electrons. The monoisotopic (exact) mass is 249 g/mol. The average molecular weight is 249 g/mol. The lowest BCUT2D eigenvalue weighted by atomic mass is 10.4. The number of hydrogen-bond donors (Lipinski definition) is 1. The summed E-state index contributed by atoms with van der Waals surface area (Å²) in [4.78, 5) is 0. The van der Waals surface area contributed by atoms with Crippen molar-refractivity contribution < 1.29 is 26.8 Å². The van der Waals surface area contributed by atoms with Crippen LogP contribution in [0.3, 0.4) is 0 Å². The van der Waals surface area contributed by atoms with Gasteiger partial charge in [-0.25, -0.2) is 0 Å². The van der Waals surface area contributed by atoms with Crippen LogP contribution in [0.15, 0.2) is 0 Å². The molecule has 0 aliphatic carbocycles. The van der Waals surface area contributed by atoms with E-state index < -0.39 is 26.0 Å². The van der Waals surface area contributed by atoms with Crippen LogP contribution in [0.25, 0.3) is 0 Å². The van der Waals surface area contributed by atoms with Gasteiger partial charge in [0.15, 0.2) is 0 Å². The highest BCUT2D eigenvalue weighted by Gasteiger charge is 2.42. The normalized spacial score (nSPS) is 15.3. The van der Waals surface area contributed by atoms with Crippen LogP contribution >= 0.6 is 7.60 Å². The van der Waals surface area contributed by atoms with E-state index in [2.05, 4.69) is 9.05 Å². The van der Waals surface area contributed by atoms with Crippen molar-refractivity contribution in [2.45, 2.75) is 26.1 Å². The first-order valence-electron chi connectivity index (χ1n) is 4.45. The van der Waals surface area contributed by atoms with Crippen molar-refractivity contribution in [3.63, 3.8) is 0 Å². The zero-order valence-corrected chi connectivity index (χ0v) is 9.48. The molecule has 0 heterocycles. The van der Waals surface area contributed by atoms with E-state index in [0.717, 1.165) is 0 Å². The van der Waals surface area contributed by atoms with Crippen molar-refractivity contribution in [3.05, 3.63) is 0 Å². The van der Waals surface area contributed by atoms with Crippen LogP contribution in [0.5, 0.6) is 0 Å². The Kier molecular flexibility index (Phi) is 5.80. The van der Waals surface area contributed by atoms with Crippen molar-refractivity contribution in [2.24, 2.45) is 5.73 Å². The minimum Gasteiger partial charge on any atom is -0.320 e. The Balaban J connectivity index is 4.48. The molecule has 0 bridgehead atoms. The fourth-order valence-electron chi connectivity index (χ4n) is 0.880. The molecule has 4 nitrogen and oxygen atoms in total. The Morgan fingerprint density at radius 2 is 1.67 bits per heavy atom. The second-order valence-electron chi connectivity index (χ2n) is 2.78. The molecule has 0 aromatic carbocycles. The lowest BCUT2D eigenvalue weighted by Crippen LogP contribution is -2.40. The summed E-state index contributed by atoms with van der Waals surface area (Å²) >= 11 is 0. The summed E-state index contributed by atoms with van der Waals surface area (Å²) in [5.41, 5.74) is 4.84. The predicted molar refractivity (Wildman–Crippen MR) is 49.8 cm³/mol. The lowest BCUT2D eigenvalue weighted by Gasteiger charge is -2.22. The fraction of sp³-hybridized carbons (Fsp3) is 1.00. The van der Waals surface area contributed by atoms with E-state index in [4.69, 9.17) is 5.73 Å². The molecule has 0 spiro atoms. The zero-order valence-electron chi connectivity index (χ0n) is 8.58. The molecule has 0 aliphatic heterocycles. The van der Waals surface area contributed by atoms with E-state index in [-0.39, 0.29) is 13.2 Å². The SMILES string of the molecule is CCOP(=O)(C[C@H](N)C(F)(F)F)OCC. The van der Waals surface area contributed by atoms with Gasteiger partial charge in [-0.2, -0.15) is 13.2 Å². The van der Waals surface area contributed by atoms with Gasteiger partial charge in [-0.1, -0.05) is 0 Å². The van der Waals surface area contributed by atoms with Gasteiger partial charge in [-0.3, -0.25) is 4.57 Å². The third-order valence-electron chi connectivity index (χ3n) is 1.49. The number of alkyl halides is 3. The summed E-state index contributed by atoms with van der Waals surface area (Å²) in [6.45, 7) is 3.07. The number of rotatable bonds is 6. The molecule has 0 saturated heterocycles. The Hall–Kier alpha value is -0.100. The molecule has 0 amide bonds. The summed E-state index contributed by atoms with van der Waals surface area (Å²) < 4.78 is 57.3. The number of nitrogens with two attached hydrogens (primary N) is 1. The third kappa shape index (κ3) is 5.51. The standard InChI is InChI=1S/C7H15F3NO3P/c1-3-13-15(12,14-4-2)5-6(11)7(8,9)10/h6H,3-5,11H2,1-2H3/t6-/m0/s1. The highest BCUT2D eigenvalue weighted by molar-refractivity contribution is 7.53. The first-order chi connectivity index (χ1) is 6.75. The average Bonchev–Trinajstić information content (AvgIpc) is 2.02. The minimum absolute atomic E-state index is 0.0157. The first kappa shape index (κ1) is 14.9. The summed E-state index contributed by atoms with van der Waals surface area (Å²) in [6, 6.07) is -2.19. The summed E-state index contributed by atoms with van der Waals surface area (Å²) in [6.07, 6.45) is -5.44. The molecule has 0 aromatic rings. The highest BCUT2D eigenvalue weighted by Crippen LogP contribution is 2.49. The van der Waals surface area contributed by atoms with E-state index >= 15 is 0 Å². The third-order valence-corrected chi connectivity index (χ3v) is 3.64. The van der Waals surface area contributed by atoms with Gasteiger partial charge < -0.3 is 14.8 Å². The maximum atomic E-state index is 12.1. The highest BCUT2D eigenvalue weighted by atomic mass is 31.2. The van der Waals surface area contributed by atoms with Crippen molar-refractivity contribution in [1.29, 1.82) is 0 Å². The van der Waals surface area contributed by atoms with E-state index in [1.165, 1.54) is 13.8 Å². The van der Waals surface area contributed by atoms with E-state index in [0.29, 0.717) is 0 Å².